The third-order valence-corrected chi connectivity index (χ3v) is 10.1. The van der Waals surface area contributed by atoms with E-state index in [1.54, 1.807) is 0 Å². The summed E-state index contributed by atoms with van der Waals surface area (Å²) in [4.78, 5) is 12.3. The van der Waals surface area contributed by atoms with Gasteiger partial charge in [0.1, 0.15) is 18.0 Å². The van der Waals surface area contributed by atoms with Gasteiger partial charge in [-0.05, 0) is 49.7 Å². The predicted molar refractivity (Wildman–Crippen MR) is 100 cm³/mol. The standard InChI is InChI=1S/C20H30O4Si/c1-19(2,3)25(6,7)24-14-10-8-9-13(11-14)15-12-16(21)18-17(15)22-20(4,5)23-18/h8-11,15,17-18H,12H2,1-7H3/t15-,17-,18+/m1/s1. The number of ether oxygens (including phenoxy) is 2. The van der Waals surface area contributed by atoms with E-state index in [9.17, 15) is 4.79 Å². The van der Waals surface area contributed by atoms with Gasteiger partial charge >= 0.3 is 0 Å². The molecule has 0 aromatic heterocycles. The Morgan fingerprint density at radius 3 is 2.52 bits per heavy atom. The molecule has 0 amide bonds. The van der Waals surface area contributed by atoms with Gasteiger partial charge in [0.05, 0.1) is 0 Å². The van der Waals surface area contributed by atoms with Crippen LogP contribution in [0.1, 0.15) is 52.5 Å². The Morgan fingerprint density at radius 2 is 1.88 bits per heavy atom. The lowest BCUT2D eigenvalue weighted by Crippen LogP contribution is -2.43. The summed E-state index contributed by atoms with van der Waals surface area (Å²) < 4.78 is 18.3. The zero-order valence-electron chi connectivity index (χ0n) is 16.4. The minimum absolute atomic E-state index is 0.0299. The van der Waals surface area contributed by atoms with Crippen LogP contribution in [0.25, 0.3) is 0 Å². The molecule has 0 N–H and O–H groups in total. The van der Waals surface area contributed by atoms with E-state index < -0.39 is 20.2 Å². The minimum Gasteiger partial charge on any atom is -0.543 e. The van der Waals surface area contributed by atoms with Gasteiger partial charge in [-0.3, -0.25) is 4.79 Å². The fourth-order valence-electron chi connectivity index (χ4n) is 3.35. The highest BCUT2D eigenvalue weighted by Gasteiger charge is 2.54. The van der Waals surface area contributed by atoms with E-state index in [4.69, 9.17) is 13.9 Å². The van der Waals surface area contributed by atoms with Crippen LogP contribution in [0.4, 0.5) is 0 Å². The van der Waals surface area contributed by atoms with Gasteiger partial charge in [0.15, 0.2) is 11.6 Å². The van der Waals surface area contributed by atoms with E-state index in [-0.39, 0.29) is 22.8 Å². The lowest BCUT2D eigenvalue weighted by Gasteiger charge is -2.36. The molecule has 3 rings (SSSR count). The average Bonchev–Trinajstić information content (AvgIpc) is 2.92. The van der Waals surface area contributed by atoms with Crippen molar-refractivity contribution in [2.24, 2.45) is 0 Å². The SMILES string of the molecule is CC1(C)O[C@@H]2[C@@H](c3cccc(O[Si](C)(C)C(C)(C)C)c3)CC(=O)[C@@H]2O1. The lowest BCUT2D eigenvalue weighted by molar-refractivity contribution is -0.160. The van der Waals surface area contributed by atoms with Crippen molar-refractivity contribution in [2.75, 3.05) is 0 Å². The molecule has 2 aliphatic rings. The maximum atomic E-state index is 12.3. The number of hydrogen-bond donors (Lipinski definition) is 0. The molecular weight excluding hydrogens is 332 g/mol. The number of fused-ring (bicyclic) bond motifs is 1. The molecule has 4 nitrogen and oxygen atoms in total. The first-order chi connectivity index (χ1) is 11.4. The third-order valence-electron chi connectivity index (χ3n) is 5.73. The Kier molecular flexibility index (Phi) is 4.41. The summed E-state index contributed by atoms with van der Waals surface area (Å²) in [6.07, 6.45) is -0.176. The number of carbonyl (C=O) groups is 1. The minimum atomic E-state index is -1.89. The Bertz CT molecular complexity index is 675. The highest BCUT2D eigenvalue weighted by atomic mass is 28.4. The van der Waals surface area contributed by atoms with Crippen molar-refractivity contribution >= 4 is 14.1 Å². The number of Topliss-reactive ketones (excluding diaryl/α,β-unsaturated/α-hetero) is 1. The van der Waals surface area contributed by atoms with Crippen molar-refractivity contribution in [3.63, 3.8) is 0 Å². The lowest BCUT2D eigenvalue weighted by atomic mass is 9.95. The molecule has 1 aromatic rings. The molecule has 138 valence electrons. The van der Waals surface area contributed by atoms with Crippen LogP contribution in [-0.2, 0) is 14.3 Å². The van der Waals surface area contributed by atoms with Crippen LogP contribution in [0.15, 0.2) is 24.3 Å². The molecule has 1 heterocycles. The number of carbonyl (C=O) groups excluding carboxylic acids is 1. The molecule has 1 aromatic carbocycles. The van der Waals surface area contributed by atoms with Gasteiger partial charge < -0.3 is 13.9 Å². The van der Waals surface area contributed by atoms with Crippen LogP contribution in [0.3, 0.4) is 0 Å². The fraction of sp³-hybridized carbons (Fsp3) is 0.650. The van der Waals surface area contributed by atoms with E-state index in [1.165, 1.54) is 0 Å². The highest BCUT2D eigenvalue weighted by molar-refractivity contribution is 6.74. The molecule has 2 fully saturated rings. The van der Waals surface area contributed by atoms with Crippen LogP contribution in [0.5, 0.6) is 5.75 Å². The van der Waals surface area contributed by atoms with Gasteiger partial charge in [-0.1, -0.05) is 32.9 Å². The van der Waals surface area contributed by atoms with Crippen LogP contribution in [0, 0.1) is 0 Å². The maximum Gasteiger partial charge on any atom is 0.250 e. The van der Waals surface area contributed by atoms with Crippen molar-refractivity contribution in [3.05, 3.63) is 29.8 Å². The summed E-state index contributed by atoms with van der Waals surface area (Å²) >= 11 is 0. The highest BCUT2D eigenvalue weighted by Crippen LogP contribution is 2.45. The second kappa shape index (κ2) is 5.93. The summed E-state index contributed by atoms with van der Waals surface area (Å²) in [7, 11) is -1.89. The van der Waals surface area contributed by atoms with Gasteiger partial charge in [-0.15, -0.1) is 0 Å². The van der Waals surface area contributed by atoms with Crippen molar-refractivity contribution in [1.82, 2.24) is 0 Å². The number of rotatable bonds is 3. The van der Waals surface area contributed by atoms with E-state index in [0.29, 0.717) is 6.42 Å². The molecule has 0 unspecified atom stereocenters. The van der Waals surface area contributed by atoms with Crippen LogP contribution in [0.2, 0.25) is 18.1 Å². The Balaban J connectivity index is 1.84. The Hall–Kier alpha value is -1.17. The molecule has 0 bridgehead atoms. The van der Waals surface area contributed by atoms with E-state index in [0.717, 1.165) is 11.3 Å². The second-order valence-electron chi connectivity index (χ2n) is 9.23. The number of hydrogen-bond acceptors (Lipinski definition) is 4. The average molecular weight is 363 g/mol. The normalized spacial score (nSPS) is 28.9. The Labute approximate surface area is 152 Å². The monoisotopic (exact) mass is 362 g/mol. The van der Waals surface area contributed by atoms with Crippen LogP contribution in [-0.4, -0.2) is 32.1 Å². The molecular formula is C20H30O4Si. The molecule has 0 spiro atoms. The first-order valence-electron chi connectivity index (χ1n) is 9.07. The molecule has 5 heteroatoms. The summed E-state index contributed by atoms with van der Waals surface area (Å²) in [5.41, 5.74) is 1.10. The summed E-state index contributed by atoms with van der Waals surface area (Å²) in [5, 5.41) is 0.143. The van der Waals surface area contributed by atoms with Gasteiger partial charge in [-0.2, -0.15) is 0 Å². The number of benzene rings is 1. The van der Waals surface area contributed by atoms with Crippen LogP contribution < -0.4 is 4.43 Å². The Morgan fingerprint density at radius 1 is 1.20 bits per heavy atom. The maximum absolute atomic E-state index is 12.3. The largest absolute Gasteiger partial charge is 0.543 e. The molecule has 1 aliphatic carbocycles. The van der Waals surface area contributed by atoms with Gasteiger partial charge in [0.25, 0.3) is 0 Å². The van der Waals surface area contributed by atoms with Crippen molar-refractivity contribution in [2.45, 2.75) is 83.1 Å². The topological polar surface area (TPSA) is 44.8 Å². The first-order valence-corrected chi connectivity index (χ1v) is 12.0. The first kappa shape index (κ1) is 18.6. The van der Waals surface area contributed by atoms with Crippen molar-refractivity contribution < 1.29 is 18.7 Å². The smallest absolute Gasteiger partial charge is 0.250 e. The molecule has 25 heavy (non-hydrogen) atoms. The quantitative estimate of drug-likeness (QED) is 0.734. The third kappa shape index (κ3) is 3.55. The predicted octanol–water partition coefficient (Wildman–Crippen LogP) is 4.65. The van der Waals surface area contributed by atoms with Crippen molar-refractivity contribution in [1.29, 1.82) is 0 Å². The molecule has 1 aliphatic heterocycles. The fourth-order valence-corrected chi connectivity index (χ4v) is 4.37. The van der Waals surface area contributed by atoms with E-state index in [1.807, 2.05) is 26.0 Å². The summed E-state index contributed by atoms with van der Waals surface area (Å²) in [5.74, 6) is 0.357. The zero-order chi connectivity index (χ0) is 18.6. The van der Waals surface area contributed by atoms with Crippen LogP contribution >= 0.6 is 0 Å². The van der Waals surface area contributed by atoms with E-state index in [2.05, 4.69) is 46.0 Å². The summed E-state index contributed by atoms with van der Waals surface area (Å²) in [6.45, 7) is 14.9. The second-order valence-corrected chi connectivity index (χ2v) is 14.0. The van der Waals surface area contributed by atoms with Gasteiger partial charge in [-0.25, -0.2) is 0 Å². The molecule has 3 atom stereocenters. The molecule has 0 radical (unpaired) electrons. The summed E-state index contributed by atoms with van der Waals surface area (Å²) in [6, 6.07) is 8.16. The zero-order valence-corrected chi connectivity index (χ0v) is 17.4. The van der Waals surface area contributed by atoms with Gasteiger partial charge in [0, 0.05) is 12.3 Å². The number of ketones is 1. The van der Waals surface area contributed by atoms with E-state index >= 15 is 0 Å². The molecule has 1 saturated carbocycles. The molecule has 1 saturated heterocycles. The van der Waals surface area contributed by atoms with Crippen molar-refractivity contribution in [3.8, 4) is 5.75 Å². The van der Waals surface area contributed by atoms with Gasteiger partial charge in [0.2, 0.25) is 8.32 Å².